The summed E-state index contributed by atoms with van der Waals surface area (Å²) in [5.74, 6) is -0.247. The SMILES string of the molecule is NC(=O)c1cncc(OCCN2CCCC2)n1. The molecule has 0 atom stereocenters. The van der Waals surface area contributed by atoms with E-state index in [4.69, 9.17) is 10.5 Å². The summed E-state index contributed by atoms with van der Waals surface area (Å²) in [5.41, 5.74) is 5.23. The molecule has 1 aromatic heterocycles. The molecule has 1 amide bonds. The molecule has 6 heteroatoms. The van der Waals surface area contributed by atoms with Crippen molar-refractivity contribution in [1.29, 1.82) is 0 Å². The van der Waals surface area contributed by atoms with Crippen molar-refractivity contribution in [3.63, 3.8) is 0 Å². The van der Waals surface area contributed by atoms with Crippen LogP contribution >= 0.6 is 0 Å². The summed E-state index contributed by atoms with van der Waals surface area (Å²) in [4.78, 5) is 21.0. The fourth-order valence-corrected chi connectivity index (χ4v) is 1.82. The van der Waals surface area contributed by atoms with Crippen LogP contribution in [0.4, 0.5) is 0 Å². The maximum absolute atomic E-state index is 10.9. The summed E-state index contributed by atoms with van der Waals surface area (Å²) >= 11 is 0. The van der Waals surface area contributed by atoms with Gasteiger partial charge < -0.3 is 10.5 Å². The molecule has 1 fully saturated rings. The number of nitrogens with two attached hydrogens (primary N) is 1. The Morgan fingerprint density at radius 3 is 2.88 bits per heavy atom. The van der Waals surface area contributed by atoms with E-state index in [0.29, 0.717) is 12.5 Å². The minimum atomic E-state index is -0.595. The van der Waals surface area contributed by atoms with Crippen molar-refractivity contribution in [2.24, 2.45) is 5.73 Å². The quantitative estimate of drug-likeness (QED) is 0.781. The third kappa shape index (κ3) is 3.39. The molecule has 1 saturated heterocycles. The van der Waals surface area contributed by atoms with Crippen molar-refractivity contribution >= 4 is 5.91 Å². The average Bonchev–Trinajstić information content (AvgIpc) is 2.82. The molecule has 2 rings (SSSR count). The number of carbonyl (C=O) groups is 1. The molecule has 0 unspecified atom stereocenters. The van der Waals surface area contributed by atoms with Crippen molar-refractivity contribution in [2.75, 3.05) is 26.2 Å². The summed E-state index contributed by atoms with van der Waals surface area (Å²) in [6.07, 6.45) is 5.33. The highest BCUT2D eigenvalue weighted by Gasteiger charge is 2.11. The van der Waals surface area contributed by atoms with E-state index < -0.39 is 5.91 Å². The third-order valence-corrected chi connectivity index (χ3v) is 2.72. The van der Waals surface area contributed by atoms with Crippen LogP contribution in [0.5, 0.6) is 5.88 Å². The summed E-state index contributed by atoms with van der Waals surface area (Å²) in [6, 6.07) is 0. The van der Waals surface area contributed by atoms with Crippen molar-refractivity contribution in [3.8, 4) is 5.88 Å². The second-order valence-corrected chi connectivity index (χ2v) is 4.00. The van der Waals surface area contributed by atoms with Crippen molar-refractivity contribution in [1.82, 2.24) is 14.9 Å². The smallest absolute Gasteiger partial charge is 0.269 e. The predicted octanol–water partition coefficient (Wildman–Crippen LogP) is 0.0501. The van der Waals surface area contributed by atoms with E-state index >= 15 is 0 Å². The molecule has 1 aliphatic heterocycles. The highest BCUT2D eigenvalue weighted by molar-refractivity contribution is 5.90. The van der Waals surface area contributed by atoms with Gasteiger partial charge in [0.15, 0.2) is 0 Å². The number of amides is 1. The Kier molecular flexibility index (Phi) is 3.87. The van der Waals surface area contributed by atoms with E-state index in [1.807, 2.05) is 0 Å². The average molecular weight is 236 g/mol. The van der Waals surface area contributed by atoms with Crippen LogP contribution in [0.15, 0.2) is 12.4 Å². The van der Waals surface area contributed by atoms with E-state index in [1.165, 1.54) is 25.2 Å². The maximum atomic E-state index is 10.9. The normalized spacial score (nSPS) is 16.0. The van der Waals surface area contributed by atoms with Crippen LogP contribution in [0.2, 0.25) is 0 Å². The lowest BCUT2D eigenvalue weighted by Crippen LogP contribution is -2.25. The Morgan fingerprint density at radius 2 is 2.18 bits per heavy atom. The lowest BCUT2D eigenvalue weighted by Gasteiger charge is -2.14. The third-order valence-electron chi connectivity index (χ3n) is 2.72. The van der Waals surface area contributed by atoms with Gasteiger partial charge in [-0.05, 0) is 25.9 Å². The zero-order valence-corrected chi connectivity index (χ0v) is 9.63. The summed E-state index contributed by atoms with van der Waals surface area (Å²) < 4.78 is 5.44. The van der Waals surface area contributed by atoms with Gasteiger partial charge in [0.2, 0.25) is 5.88 Å². The number of nitrogens with zero attached hydrogens (tertiary/aromatic N) is 3. The zero-order chi connectivity index (χ0) is 12.1. The van der Waals surface area contributed by atoms with Gasteiger partial charge in [0.05, 0.1) is 12.4 Å². The number of rotatable bonds is 5. The predicted molar refractivity (Wildman–Crippen MR) is 61.7 cm³/mol. The number of likely N-dealkylation sites (tertiary alicyclic amines) is 1. The largest absolute Gasteiger partial charge is 0.475 e. The number of hydrogen-bond acceptors (Lipinski definition) is 5. The Bertz CT molecular complexity index is 391. The summed E-state index contributed by atoms with van der Waals surface area (Å²) in [5, 5.41) is 0. The van der Waals surface area contributed by atoms with Gasteiger partial charge in [0.25, 0.3) is 5.91 Å². The molecule has 1 aromatic rings. The van der Waals surface area contributed by atoms with Crippen LogP contribution in [-0.4, -0.2) is 47.0 Å². The molecule has 2 N–H and O–H groups in total. The van der Waals surface area contributed by atoms with Crippen LogP contribution in [0.25, 0.3) is 0 Å². The number of primary amides is 1. The molecule has 0 bridgehead atoms. The maximum Gasteiger partial charge on any atom is 0.269 e. The van der Waals surface area contributed by atoms with Crippen LogP contribution in [0.1, 0.15) is 23.3 Å². The van der Waals surface area contributed by atoms with Crippen molar-refractivity contribution < 1.29 is 9.53 Å². The fraction of sp³-hybridized carbons (Fsp3) is 0.545. The van der Waals surface area contributed by atoms with Gasteiger partial charge in [-0.25, -0.2) is 4.98 Å². The van der Waals surface area contributed by atoms with Gasteiger partial charge in [-0.15, -0.1) is 0 Å². The van der Waals surface area contributed by atoms with E-state index in [1.54, 1.807) is 0 Å². The van der Waals surface area contributed by atoms with Gasteiger partial charge in [-0.1, -0.05) is 0 Å². The molecular weight excluding hydrogens is 220 g/mol. The van der Waals surface area contributed by atoms with Crippen molar-refractivity contribution in [2.45, 2.75) is 12.8 Å². The van der Waals surface area contributed by atoms with Crippen molar-refractivity contribution in [3.05, 3.63) is 18.1 Å². The molecule has 0 aliphatic carbocycles. The van der Waals surface area contributed by atoms with Crippen LogP contribution in [0, 0.1) is 0 Å². The Morgan fingerprint density at radius 1 is 1.41 bits per heavy atom. The first-order valence-corrected chi connectivity index (χ1v) is 5.73. The topological polar surface area (TPSA) is 81.3 Å². The molecule has 2 heterocycles. The minimum Gasteiger partial charge on any atom is -0.475 e. The molecule has 0 radical (unpaired) electrons. The van der Waals surface area contributed by atoms with Crippen LogP contribution in [0.3, 0.4) is 0 Å². The highest BCUT2D eigenvalue weighted by atomic mass is 16.5. The van der Waals surface area contributed by atoms with E-state index in [-0.39, 0.29) is 5.69 Å². The molecule has 1 aliphatic rings. The molecule has 0 spiro atoms. The standard InChI is InChI=1S/C11H16N4O2/c12-11(16)9-7-13-8-10(14-9)17-6-5-15-3-1-2-4-15/h7-8H,1-6H2,(H2,12,16). The van der Waals surface area contributed by atoms with Gasteiger partial charge in [-0.2, -0.15) is 0 Å². The van der Waals surface area contributed by atoms with Crippen LogP contribution < -0.4 is 10.5 Å². The lowest BCUT2D eigenvalue weighted by atomic mass is 10.4. The van der Waals surface area contributed by atoms with E-state index in [9.17, 15) is 4.79 Å². The van der Waals surface area contributed by atoms with Gasteiger partial charge in [0.1, 0.15) is 12.3 Å². The highest BCUT2D eigenvalue weighted by Crippen LogP contribution is 2.08. The fourth-order valence-electron chi connectivity index (χ4n) is 1.82. The minimum absolute atomic E-state index is 0.128. The van der Waals surface area contributed by atoms with E-state index in [2.05, 4.69) is 14.9 Å². The summed E-state index contributed by atoms with van der Waals surface area (Å²) in [6.45, 7) is 3.70. The Labute approximate surface area is 99.8 Å². The molecule has 0 saturated carbocycles. The van der Waals surface area contributed by atoms with Gasteiger partial charge in [-0.3, -0.25) is 14.7 Å². The first kappa shape index (κ1) is 11.8. The molecule has 17 heavy (non-hydrogen) atoms. The Balaban J connectivity index is 1.81. The second kappa shape index (κ2) is 5.58. The number of carbonyl (C=O) groups excluding carboxylic acids is 1. The van der Waals surface area contributed by atoms with Gasteiger partial charge >= 0.3 is 0 Å². The van der Waals surface area contributed by atoms with Gasteiger partial charge in [0, 0.05) is 6.54 Å². The van der Waals surface area contributed by atoms with E-state index in [0.717, 1.165) is 19.6 Å². The summed E-state index contributed by atoms with van der Waals surface area (Å²) in [7, 11) is 0. The molecule has 92 valence electrons. The van der Waals surface area contributed by atoms with Crippen LogP contribution in [-0.2, 0) is 0 Å². The number of aromatic nitrogens is 2. The molecule has 6 nitrogen and oxygen atoms in total. The molecule has 0 aromatic carbocycles. The first-order chi connectivity index (χ1) is 8.25. The monoisotopic (exact) mass is 236 g/mol. The number of ether oxygens (including phenoxy) is 1. The molecular formula is C11H16N4O2. The first-order valence-electron chi connectivity index (χ1n) is 5.73. The zero-order valence-electron chi connectivity index (χ0n) is 9.63. The Hall–Kier alpha value is -1.69. The number of hydrogen-bond donors (Lipinski definition) is 1. The lowest BCUT2D eigenvalue weighted by molar-refractivity contribution is 0.0993. The second-order valence-electron chi connectivity index (χ2n) is 4.00.